The van der Waals surface area contributed by atoms with Crippen molar-refractivity contribution in [1.29, 1.82) is 0 Å². The van der Waals surface area contributed by atoms with Crippen LogP contribution in [0, 0.1) is 0 Å². The van der Waals surface area contributed by atoms with Gasteiger partial charge in [-0.05, 0) is 23.8 Å². The standard InChI is InChI=1S/C17H19N5O4/c23-15(20-25)14-4-2-13(3-5-14)12-22(16-18-6-1-7-19-16)17(24)21-8-10-26-11-9-21/h1-7,25H,8-12H2,(H,20,23). The van der Waals surface area contributed by atoms with Crippen molar-refractivity contribution < 1.29 is 19.5 Å². The van der Waals surface area contributed by atoms with Crippen LogP contribution in [0.4, 0.5) is 10.7 Å². The van der Waals surface area contributed by atoms with E-state index >= 15 is 0 Å². The molecule has 2 N–H and O–H groups in total. The van der Waals surface area contributed by atoms with Crippen molar-refractivity contribution >= 4 is 17.9 Å². The Labute approximate surface area is 150 Å². The summed E-state index contributed by atoms with van der Waals surface area (Å²) in [6, 6.07) is 8.06. The molecule has 9 nitrogen and oxygen atoms in total. The quantitative estimate of drug-likeness (QED) is 0.626. The van der Waals surface area contributed by atoms with Gasteiger partial charge in [0.15, 0.2) is 0 Å². The molecule has 2 aromatic rings. The fourth-order valence-electron chi connectivity index (χ4n) is 2.59. The van der Waals surface area contributed by atoms with Gasteiger partial charge in [-0.2, -0.15) is 0 Å². The molecule has 1 fully saturated rings. The lowest BCUT2D eigenvalue weighted by atomic mass is 10.1. The predicted molar refractivity (Wildman–Crippen MR) is 91.7 cm³/mol. The fraction of sp³-hybridized carbons (Fsp3) is 0.294. The van der Waals surface area contributed by atoms with Gasteiger partial charge < -0.3 is 9.64 Å². The van der Waals surface area contributed by atoms with Gasteiger partial charge >= 0.3 is 6.03 Å². The van der Waals surface area contributed by atoms with Crippen LogP contribution in [0.1, 0.15) is 15.9 Å². The van der Waals surface area contributed by atoms with Gasteiger partial charge in [-0.1, -0.05) is 12.1 Å². The number of carbonyl (C=O) groups excluding carboxylic acids is 2. The van der Waals surface area contributed by atoms with Gasteiger partial charge in [0.2, 0.25) is 5.95 Å². The minimum atomic E-state index is -0.593. The lowest BCUT2D eigenvalue weighted by molar-refractivity contribution is 0.0547. The summed E-state index contributed by atoms with van der Waals surface area (Å²) in [6.07, 6.45) is 3.16. The number of urea groups is 1. The summed E-state index contributed by atoms with van der Waals surface area (Å²) >= 11 is 0. The largest absolute Gasteiger partial charge is 0.378 e. The van der Waals surface area contributed by atoms with Crippen LogP contribution in [-0.4, -0.2) is 58.3 Å². The molecule has 26 heavy (non-hydrogen) atoms. The number of hydroxylamine groups is 1. The van der Waals surface area contributed by atoms with Crippen LogP contribution in [-0.2, 0) is 11.3 Å². The van der Waals surface area contributed by atoms with Crippen molar-refractivity contribution in [3.63, 3.8) is 0 Å². The van der Waals surface area contributed by atoms with Gasteiger partial charge in [0.25, 0.3) is 5.91 Å². The molecule has 0 unspecified atom stereocenters. The molecule has 1 saturated heterocycles. The van der Waals surface area contributed by atoms with E-state index in [1.807, 2.05) is 0 Å². The fourth-order valence-corrected chi connectivity index (χ4v) is 2.59. The van der Waals surface area contributed by atoms with Crippen molar-refractivity contribution in [1.82, 2.24) is 20.3 Å². The summed E-state index contributed by atoms with van der Waals surface area (Å²) in [7, 11) is 0. The molecule has 0 spiro atoms. The number of carbonyl (C=O) groups is 2. The molecule has 9 heteroatoms. The van der Waals surface area contributed by atoms with Crippen molar-refractivity contribution in [3.8, 4) is 0 Å². The van der Waals surface area contributed by atoms with Gasteiger partial charge in [0, 0.05) is 31.0 Å². The summed E-state index contributed by atoms with van der Waals surface area (Å²) < 4.78 is 5.30. The second-order valence-electron chi connectivity index (χ2n) is 5.65. The van der Waals surface area contributed by atoms with Crippen molar-refractivity contribution in [2.45, 2.75) is 6.54 Å². The molecule has 0 atom stereocenters. The van der Waals surface area contributed by atoms with Crippen molar-refractivity contribution in [2.75, 3.05) is 31.2 Å². The maximum atomic E-state index is 12.9. The molecule has 0 radical (unpaired) electrons. The van der Waals surface area contributed by atoms with E-state index in [9.17, 15) is 9.59 Å². The van der Waals surface area contributed by atoms with Crippen LogP contribution in [0.2, 0.25) is 0 Å². The van der Waals surface area contributed by atoms with Crippen molar-refractivity contribution in [2.24, 2.45) is 0 Å². The zero-order valence-corrected chi connectivity index (χ0v) is 14.0. The van der Waals surface area contributed by atoms with E-state index in [-0.39, 0.29) is 12.6 Å². The molecule has 0 saturated carbocycles. The van der Waals surface area contributed by atoms with E-state index in [1.165, 1.54) is 4.90 Å². The average molecular weight is 357 g/mol. The first-order valence-electron chi connectivity index (χ1n) is 8.13. The second kappa shape index (κ2) is 8.37. The number of aromatic nitrogens is 2. The van der Waals surface area contributed by atoms with E-state index < -0.39 is 5.91 Å². The predicted octanol–water partition coefficient (Wildman–Crippen LogP) is 1.05. The molecular formula is C17H19N5O4. The van der Waals surface area contributed by atoms with E-state index in [1.54, 1.807) is 53.1 Å². The van der Waals surface area contributed by atoms with E-state index in [0.29, 0.717) is 37.8 Å². The summed E-state index contributed by atoms with van der Waals surface area (Å²) in [5, 5.41) is 8.68. The number of amides is 3. The minimum Gasteiger partial charge on any atom is -0.378 e. The molecule has 3 amide bonds. The highest BCUT2D eigenvalue weighted by Gasteiger charge is 2.26. The number of hydrogen-bond acceptors (Lipinski definition) is 6. The zero-order valence-electron chi connectivity index (χ0n) is 14.0. The third-order valence-corrected chi connectivity index (χ3v) is 3.96. The lowest BCUT2D eigenvalue weighted by Gasteiger charge is -2.32. The van der Waals surface area contributed by atoms with Gasteiger partial charge in [0.1, 0.15) is 0 Å². The van der Waals surface area contributed by atoms with Gasteiger partial charge in [0.05, 0.1) is 19.8 Å². The van der Waals surface area contributed by atoms with Crippen LogP contribution in [0.25, 0.3) is 0 Å². The number of anilines is 1. The normalized spacial score (nSPS) is 14.0. The highest BCUT2D eigenvalue weighted by molar-refractivity contribution is 5.93. The molecule has 1 aromatic heterocycles. The van der Waals surface area contributed by atoms with Crippen molar-refractivity contribution in [3.05, 3.63) is 53.9 Å². The van der Waals surface area contributed by atoms with Gasteiger partial charge in [-0.3, -0.25) is 14.9 Å². The van der Waals surface area contributed by atoms with Crippen LogP contribution in [0.3, 0.4) is 0 Å². The third-order valence-electron chi connectivity index (χ3n) is 3.96. The Hall–Kier alpha value is -3.04. The first kappa shape index (κ1) is 17.8. The third kappa shape index (κ3) is 4.13. The Balaban J connectivity index is 1.81. The SMILES string of the molecule is O=C(NO)c1ccc(CN(C(=O)N2CCOCC2)c2ncccn2)cc1. The Kier molecular flexibility index (Phi) is 5.72. The average Bonchev–Trinajstić information content (AvgIpc) is 2.72. The number of morpholine rings is 1. The minimum absolute atomic E-state index is 0.198. The van der Waals surface area contributed by atoms with Gasteiger partial charge in [-0.15, -0.1) is 0 Å². The zero-order chi connectivity index (χ0) is 18.4. The first-order chi connectivity index (χ1) is 12.7. The lowest BCUT2D eigenvalue weighted by Crippen LogP contribution is -2.48. The monoisotopic (exact) mass is 357 g/mol. The maximum absolute atomic E-state index is 12.9. The van der Waals surface area contributed by atoms with E-state index in [4.69, 9.17) is 9.94 Å². The Morgan fingerprint density at radius 2 is 1.81 bits per heavy atom. The van der Waals surface area contributed by atoms with Crippen LogP contribution < -0.4 is 10.4 Å². The topological polar surface area (TPSA) is 108 Å². The van der Waals surface area contributed by atoms with Crippen LogP contribution in [0.5, 0.6) is 0 Å². The molecule has 136 valence electrons. The highest BCUT2D eigenvalue weighted by atomic mass is 16.5. The van der Waals surface area contributed by atoms with E-state index in [0.717, 1.165) is 5.56 Å². The van der Waals surface area contributed by atoms with Gasteiger partial charge in [-0.25, -0.2) is 20.2 Å². The number of rotatable bonds is 4. The Morgan fingerprint density at radius 1 is 1.15 bits per heavy atom. The molecule has 3 rings (SSSR count). The van der Waals surface area contributed by atoms with Crippen LogP contribution in [0.15, 0.2) is 42.7 Å². The smallest absolute Gasteiger partial charge is 0.327 e. The molecule has 1 aliphatic heterocycles. The first-order valence-corrected chi connectivity index (χ1v) is 8.13. The Bertz CT molecular complexity index is 748. The van der Waals surface area contributed by atoms with E-state index in [2.05, 4.69) is 9.97 Å². The molecule has 0 bridgehead atoms. The number of benzene rings is 1. The number of hydrogen-bond donors (Lipinski definition) is 2. The summed E-state index contributed by atoms with van der Waals surface area (Å²) in [5.74, 6) is -0.287. The number of nitrogens with zero attached hydrogens (tertiary/aromatic N) is 4. The Morgan fingerprint density at radius 3 is 2.42 bits per heavy atom. The summed E-state index contributed by atoms with van der Waals surface area (Å²) in [5.41, 5.74) is 2.70. The maximum Gasteiger partial charge on any atom is 0.327 e. The molecule has 2 heterocycles. The summed E-state index contributed by atoms with van der Waals surface area (Å²) in [6.45, 7) is 2.27. The number of nitrogens with one attached hydrogen (secondary N) is 1. The second-order valence-corrected chi connectivity index (χ2v) is 5.65. The summed E-state index contributed by atoms with van der Waals surface area (Å²) in [4.78, 5) is 35.9. The highest BCUT2D eigenvalue weighted by Crippen LogP contribution is 2.16. The molecular weight excluding hydrogens is 338 g/mol. The molecule has 1 aromatic carbocycles. The molecule has 1 aliphatic rings. The van der Waals surface area contributed by atoms with Crippen LogP contribution >= 0.6 is 0 Å². The molecule has 0 aliphatic carbocycles. The number of ether oxygens (including phenoxy) is 1.